The van der Waals surface area contributed by atoms with E-state index >= 15 is 0 Å². The molecule has 7 heteroatoms. The maximum Gasteiger partial charge on any atom is 0.332 e. The van der Waals surface area contributed by atoms with E-state index in [-0.39, 0.29) is 11.6 Å². The Balaban J connectivity index is 2.44. The van der Waals surface area contributed by atoms with E-state index < -0.39 is 24.3 Å². The lowest BCUT2D eigenvalue weighted by molar-refractivity contribution is -0.150. The van der Waals surface area contributed by atoms with Gasteiger partial charge >= 0.3 is 5.97 Å². The second kappa shape index (κ2) is 6.93. The number of methoxy groups -OCH3 is 1. The van der Waals surface area contributed by atoms with Crippen LogP contribution in [0.4, 0.5) is 10.1 Å². The average Bonchev–Trinajstić information content (AvgIpc) is 2.32. The third-order valence-electron chi connectivity index (χ3n) is 1.83. The first-order chi connectivity index (χ1) is 8.52. The zero-order chi connectivity index (χ0) is 13.5. The van der Waals surface area contributed by atoms with Crippen LogP contribution in [0.3, 0.4) is 0 Å². The van der Waals surface area contributed by atoms with Crippen LogP contribution in [0.25, 0.3) is 0 Å². The number of amides is 1. The first-order valence-corrected chi connectivity index (χ1v) is 5.30. The van der Waals surface area contributed by atoms with E-state index in [0.717, 1.165) is 6.07 Å². The normalized spacial score (nSPS) is 9.94. The summed E-state index contributed by atoms with van der Waals surface area (Å²) in [6.45, 7) is -0.674. The molecule has 1 aromatic rings. The van der Waals surface area contributed by atoms with Gasteiger partial charge in [-0.2, -0.15) is 0 Å². The van der Waals surface area contributed by atoms with Gasteiger partial charge in [0, 0.05) is 12.8 Å². The number of carbonyl (C=O) groups is 2. The van der Waals surface area contributed by atoms with E-state index in [1.807, 2.05) is 0 Å². The molecule has 0 saturated carbocycles. The van der Waals surface area contributed by atoms with Gasteiger partial charge in [0.1, 0.15) is 12.4 Å². The van der Waals surface area contributed by atoms with Crippen LogP contribution >= 0.6 is 11.6 Å². The molecule has 0 heterocycles. The summed E-state index contributed by atoms with van der Waals surface area (Å²) >= 11 is 5.54. The molecule has 1 rings (SSSR count). The molecular formula is C11H11ClFNO4. The minimum absolute atomic E-state index is 0.107. The molecule has 0 aliphatic carbocycles. The molecule has 5 nitrogen and oxygen atoms in total. The number of rotatable bonds is 5. The van der Waals surface area contributed by atoms with Crippen LogP contribution in [0.1, 0.15) is 0 Å². The van der Waals surface area contributed by atoms with Crippen molar-refractivity contribution in [1.82, 2.24) is 0 Å². The Morgan fingerprint density at radius 1 is 1.39 bits per heavy atom. The van der Waals surface area contributed by atoms with Crippen molar-refractivity contribution in [2.45, 2.75) is 0 Å². The lowest BCUT2D eigenvalue weighted by Gasteiger charge is -2.06. The quantitative estimate of drug-likeness (QED) is 0.829. The molecule has 0 aromatic heterocycles. The van der Waals surface area contributed by atoms with Gasteiger partial charge in [0.05, 0.1) is 5.02 Å². The summed E-state index contributed by atoms with van der Waals surface area (Å²) in [6, 6.07) is 3.72. The smallest absolute Gasteiger partial charge is 0.332 e. The van der Waals surface area contributed by atoms with Crippen molar-refractivity contribution in [2.75, 3.05) is 25.6 Å². The maximum absolute atomic E-state index is 12.8. The summed E-state index contributed by atoms with van der Waals surface area (Å²) in [6.07, 6.45) is 0. The number of hydrogen-bond donors (Lipinski definition) is 1. The van der Waals surface area contributed by atoms with Gasteiger partial charge in [0.2, 0.25) is 0 Å². The van der Waals surface area contributed by atoms with Crippen molar-refractivity contribution < 1.29 is 23.5 Å². The highest BCUT2D eigenvalue weighted by atomic mass is 35.5. The highest BCUT2D eigenvalue weighted by Crippen LogP contribution is 2.19. The van der Waals surface area contributed by atoms with Crippen molar-refractivity contribution in [3.8, 4) is 0 Å². The largest absolute Gasteiger partial charge is 0.454 e. The monoisotopic (exact) mass is 275 g/mol. The molecule has 0 atom stereocenters. The first kappa shape index (κ1) is 14.4. The highest BCUT2D eigenvalue weighted by Gasteiger charge is 2.08. The number of ether oxygens (including phenoxy) is 2. The van der Waals surface area contributed by atoms with Crippen LogP contribution in [0, 0.1) is 5.82 Å². The number of halogens is 2. The van der Waals surface area contributed by atoms with Gasteiger partial charge in [0.15, 0.2) is 6.61 Å². The van der Waals surface area contributed by atoms with E-state index in [1.165, 1.54) is 19.2 Å². The Hall–Kier alpha value is -1.66. The van der Waals surface area contributed by atoms with Gasteiger partial charge in [0.25, 0.3) is 5.91 Å². The fourth-order valence-corrected chi connectivity index (χ4v) is 1.26. The Morgan fingerprint density at radius 3 is 2.72 bits per heavy atom. The summed E-state index contributed by atoms with van der Waals surface area (Å²) in [5.41, 5.74) is 0.314. The number of esters is 1. The van der Waals surface area contributed by atoms with E-state index in [1.54, 1.807) is 0 Å². The van der Waals surface area contributed by atoms with E-state index in [0.29, 0.717) is 5.69 Å². The van der Waals surface area contributed by atoms with Gasteiger partial charge in [-0.1, -0.05) is 11.6 Å². The number of hydrogen-bond acceptors (Lipinski definition) is 4. The minimum Gasteiger partial charge on any atom is -0.454 e. The Bertz CT molecular complexity index is 453. The third-order valence-corrected chi connectivity index (χ3v) is 2.12. The van der Waals surface area contributed by atoms with Gasteiger partial charge in [-0.05, 0) is 18.2 Å². The molecule has 98 valence electrons. The number of carbonyl (C=O) groups excluding carboxylic acids is 2. The van der Waals surface area contributed by atoms with Gasteiger partial charge in [-0.15, -0.1) is 0 Å². The zero-order valence-corrected chi connectivity index (χ0v) is 10.3. The lowest BCUT2D eigenvalue weighted by Crippen LogP contribution is -2.22. The predicted molar refractivity (Wildman–Crippen MR) is 62.9 cm³/mol. The minimum atomic E-state index is -0.648. The standard InChI is InChI=1S/C11H11ClFNO4/c1-17-6-11(16)18-5-10(15)14-7-2-3-9(13)8(12)4-7/h2-4H,5-6H2,1H3,(H,14,15). The molecule has 0 bridgehead atoms. The van der Waals surface area contributed by atoms with E-state index in [4.69, 9.17) is 11.6 Å². The van der Waals surface area contributed by atoms with Gasteiger partial charge < -0.3 is 14.8 Å². The topological polar surface area (TPSA) is 64.6 Å². The molecule has 0 aliphatic heterocycles. The second-order valence-corrected chi connectivity index (χ2v) is 3.68. The molecule has 18 heavy (non-hydrogen) atoms. The van der Waals surface area contributed by atoms with Crippen LogP contribution in [-0.4, -0.2) is 32.2 Å². The second-order valence-electron chi connectivity index (χ2n) is 3.27. The van der Waals surface area contributed by atoms with Crippen LogP contribution in [-0.2, 0) is 19.1 Å². The zero-order valence-electron chi connectivity index (χ0n) is 9.54. The Labute approximate surface area is 108 Å². The molecule has 0 fully saturated rings. The number of anilines is 1. The van der Waals surface area contributed by atoms with Crippen LogP contribution in [0.2, 0.25) is 5.02 Å². The van der Waals surface area contributed by atoms with Crippen molar-refractivity contribution in [1.29, 1.82) is 0 Å². The summed E-state index contributed by atoms with van der Waals surface area (Å²) in [5, 5.41) is 2.29. The fourth-order valence-electron chi connectivity index (χ4n) is 1.08. The molecular weight excluding hydrogens is 265 g/mol. The predicted octanol–water partition coefficient (Wildman–Crippen LogP) is 1.61. The number of benzene rings is 1. The van der Waals surface area contributed by atoms with Crippen molar-refractivity contribution >= 4 is 29.2 Å². The molecule has 0 aliphatic rings. The molecule has 1 N–H and O–H groups in total. The molecule has 1 amide bonds. The van der Waals surface area contributed by atoms with Crippen molar-refractivity contribution in [3.05, 3.63) is 29.0 Å². The summed E-state index contributed by atoms with van der Waals surface area (Å²) in [4.78, 5) is 22.3. The molecule has 0 spiro atoms. The van der Waals surface area contributed by atoms with Crippen molar-refractivity contribution in [3.63, 3.8) is 0 Å². The summed E-state index contributed by atoms with van der Waals surface area (Å²) in [5.74, 6) is -1.78. The van der Waals surface area contributed by atoms with Crippen LogP contribution < -0.4 is 5.32 Å². The summed E-state index contributed by atoms with van der Waals surface area (Å²) in [7, 11) is 1.34. The molecule has 0 saturated heterocycles. The van der Waals surface area contributed by atoms with Crippen LogP contribution in [0.5, 0.6) is 0 Å². The van der Waals surface area contributed by atoms with Gasteiger partial charge in [-0.3, -0.25) is 4.79 Å². The lowest BCUT2D eigenvalue weighted by atomic mass is 10.3. The third kappa shape index (κ3) is 4.68. The Kier molecular flexibility index (Phi) is 5.54. The molecule has 1 aromatic carbocycles. The van der Waals surface area contributed by atoms with Crippen molar-refractivity contribution in [2.24, 2.45) is 0 Å². The molecule has 0 unspecified atom stereocenters. The SMILES string of the molecule is COCC(=O)OCC(=O)Nc1ccc(F)c(Cl)c1. The Morgan fingerprint density at radius 2 is 2.11 bits per heavy atom. The van der Waals surface area contributed by atoms with E-state index in [9.17, 15) is 14.0 Å². The maximum atomic E-state index is 12.8. The first-order valence-electron chi connectivity index (χ1n) is 4.92. The summed E-state index contributed by atoms with van der Waals surface area (Å²) < 4.78 is 22.0. The average molecular weight is 276 g/mol. The van der Waals surface area contributed by atoms with Gasteiger partial charge in [-0.25, -0.2) is 9.18 Å². The number of nitrogens with one attached hydrogen (secondary N) is 1. The van der Waals surface area contributed by atoms with Crippen LogP contribution in [0.15, 0.2) is 18.2 Å². The van der Waals surface area contributed by atoms with E-state index in [2.05, 4.69) is 14.8 Å². The highest BCUT2D eigenvalue weighted by molar-refractivity contribution is 6.31. The fraction of sp³-hybridized carbons (Fsp3) is 0.273. The molecule has 0 radical (unpaired) electrons.